The van der Waals surface area contributed by atoms with Crippen molar-refractivity contribution in [2.24, 2.45) is 0 Å². The number of carbonyl (C=O) groups is 1. The van der Waals surface area contributed by atoms with Crippen LogP contribution in [0.25, 0.3) is 16.5 Å². The van der Waals surface area contributed by atoms with E-state index in [1.807, 2.05) is 19.2 Å². The van der Waals surface area contributed by atoms with E-state index in [1.54, 1.807) is 6.07 Å². The Kier molecular flexibility index (Phi) is 4.91. The summed E-state index contributed by atoms with van der Waals surface area (Å²) in [7, 11) is 1.86. The highest BCUT2D eigenvalue weighted by Crippen LogP contribution is 2.40. The average molecular weight is 404 g/mol. The zero-order chi connectivity index (χ0) is 20.7. The molecule has 1 aromatic heterocycles. The summed E-state index contributed by atoms with van der Waals surface area (Å²) in [4.78, 5) is 15.5. The highest BCUT2D eigenvalue weighted by molar-refractivity contribution is 6.11. The van der Waals surface area contributed by atoms with E-state index in [2.05, 4.69) is 16.3 Å². The maximum atomic E-state index is 13.2. The lowest BCUT2D eigenvalue weighted by Gasteiger charge is -2.38. The Labute approximate surface area is 175 Å². The number of nitrogens with zero attached hydrogens (tertiary/aromatic N) is 1. The summed E-state index contributed by atoms with van der Waals surface area (Å²) >= 11 is 0. The lowest BCUT2D eigenvalue weighted by Crippen LogP contribution is -2.41. The van der Waals surface area contributed by atoms with Crippen molar-refractivity contribution in [1.29, 1.82) is 0 Å². The average Bonchev–Trinajstić information content (AvgIpc) is 3.16. The van der Waals surface area contributed by atoms with Gasteiger partial charge in [0.15, 0.2) is 5.78 Å². The van der Waals surface area contributed by atoms with Gasteiger partial charge in [-0.2, -0.15) is 0 Å². The molecule has 1 saturated heterocycles. The smallest absolute Gasteiger partial charge is 0.201 e. The molecule has 3 heterocycles. The van der Waals surface area contributed by atoms with Gasteiger partial charge in [0.25, 0.3) is 0 Å². The zero-order valence-electron chi connectivity index (χ0n) is 17.1. The molecule has 5 rings (SSSR count). The van der Waals surface area contributed by atoms with Crippen molar-refractivity contribution < 1.29 is 13.6 Å². The molecule has 1 unspecified atom stereocenters. The van der Waals surface area contributed by atoms with Crippen LogP contribution in [0.5, 0.6) is 0 Å². The van der Waals surface area contributed by atoms with Crippen molar-refractivity contribution in [3.05, 3.63) is 71.0 Å². The number of hydrogen-bond donors (Lipinski definition) is 1. The Morgan fingerprint density at radius 1 is 1.13 bits per heavy atom. The van der Waals surface area contributed by atoms with Gasteiger partial charge in [-0.05, 0) is 73.8 Å². The Hall–Kier alpha value is -2.92. The number of fused-ring (bicyclic) bond motifs is 2. The largest absolute Gasteiger partial charge is 0.440 e. The van der Waals surface area contributed by atoms with E-state index in [9.17, 15) is 9.18 Å². The topological polar surface area (TPSA) is 45.5 Å². The van der Waals surface area contributed by atoms with Crippen molar-refractivity contribution >= 4 is 28.2 Å². The third kappa shape index (κ3) is 3.33. The molecule has 2 aliphatic rings. The lowest BCUT2D eigenvalue weighted by molar-refractivity contribution is 0.103. The van der Waals surface area contributed by atoms with Gasteiger partial charge in [0.05, 0.1) is 0 Å². The molecular weight excluding hydrogens is 379 g/mol. The summed E-state index contributed by atoms with van der Waals surface area (Å²) in [5.41, 5.74) is 4.16. The predicted molar refractivity (Wildman–Crippen MR) is 117 cm³/mol. The molecule has 0 radical (unpaired) electrons. The molecule has 4 nitrogen and oxygen atoms in total. The van der Waals surface area contributed by atoms with Gasteiger partial charge in [0.2, 0.25) is 5.88 Å². The first-order valence-electron chi connectivity index (χ1n) is 10.6. The van der Waals surface area contributed by atoms with E-state index in [1.165, 1.54) is 55.6 Å². The van der Waals surface area contributed by atoms with Crippen LogP contribution in [0.3, 0.4) is 0 Å². The number of anilines is 1. The number of furan rings is 1. The van der Waals surface area contributed by atoms with Gasteiger partial charge >= 0.3 is 0 Å². The van der Waals surface area contributed by atoms with Crippen molar-refractivity contribution in [1.82, 2.24) is 4.90 Å². The fourth-order valence-corrected chi connectivity index (χ4v) is 4.80. The van der Waals surface area contributed by atoms with E-state index in [-0.39, 0.29) is 11.6 Å². The van der Waals surface area contributed by atoms with Crippen LogP contribution in [0.1, 0.15) is 47.2 Å². The predicted octanol–water partition coefficient (Wildman–Crippen LogP) is 5.49. The fraction of sp³-hybridized carbons (Fsp3) is 0.320. The highest BCUT2D eigenvalue weighted by Gasteiger charge is 2.29. The molecule has 0 bridgehead atoms. The molecule has 2 aliphatic heterocycles. The molecule has 1 N–H and O–H groups in total. The Balaban J connectivity index is 1.56. The van der Waals surface area contributed by atoms with Crippen LogP contribution >= 0.6 is 0 Å². The van der Waals surface area contributed by atoms with Crippen LogP contribution in [0.2, 0.25) is 0 Å². The maximum absolute atomic E-state index is 13.2. The quantitative estimate of drug-likeness (QED) is 0.585. The maximum Gasteiger partial charge on any atom is 0.201 e. The van der Waals surface area contributed by atoms with Crippen molar-refractivity contribution in [3.63, 3.8) is 0 Å². The molecule has 3 aromatic rings. The summed E-state index contributed by atoms with van der Waals surface area (Å²) in [6.45, 7) is 2.14. The van der Waals surface area contributed by atoms with Gasteiger partial charge in [-0.25, -0.2) is 4.39 Å². The first-order chi connectivity index (χ1) is 14.6. The number of carbonyl (C=O) groups excluding carboxylic acids is 1. The number of benzene rings is 2. The SMILES string of the molecule is CNc1oc2ccc(C(=O)c3ccc(F)cc3)cc2c1C1=CCN2CCCCC2C1. The molecule has 0 saturated carbocycles. The molecule has 154 valence electrons. The number of rotatable bonds is 4. The third-order valence-electron chi connectivity index (χ3n) is 6.38. The van der Waals surface area contributed by atoms with Gasteiger partial charge in [-0.15, -0.1) is 0 Å². The van der Waals surface area contributed by atoms with Crippen LogP contribution in [0.15, 0.2) is 53.0 Å². The van der Waals surface area contributed by atoms with Crippen molar-refractivity contribution in [2.45, 2.75) is 31.7 Å². The number of nitrogens with one attached hydrogen (secondary N) is 1. The van der Waals surface area contributed by atoms with Crippen LogP contribution < -0.4 is 5.32 Å². The van der Waals surface area contributed by atoms with Crippen LogP contribution in [0, 0.1) is 5.82 Å². The second-order valence-electron chi connectivity index (χ2n) is 8.18. The molecule has 0 amide bonds. The molecule has 1 fully saturated rings. The second-order valence-corrected chi connectivity index (χ2v) is 8.18. The Morgan fingerprint density at radius 3 is 2.73 bits per heavy atom. The van der Waals surface area contributed by atoms with Crippen molar-refractivity contribution in [3.8, 4) is 0 Å². The van der Waals surface area contributed by atoms with Gasteiger partial charge < -0.3 is 9.73 Å². The summed E-state index contributed by atoms with van der Waals surface area (Å²) in [6, 6.07) is 11.8. The van der Waals surface area contributed by atoms with Crippen LogP contribution in [0.4, 0.5) is 10.3 Å². The minimum Gasteiger partial charge on any atom is -0.440 e. The van der Waals surface area contributed by atoms with Crippen LogP contribution in [-0.4, -0.2) is 36.9 Å². The Bertz CT molecular complexity index is 1130. The van der Waals surface area contributed by atoms with E-state index in [0.29, 0.717) is 17.2 Å². The highest BCUT2D eigenvalue weighted by atomic mass is 19.1. The molecular formula is C25H25FN2O2. The second kappa shape index (κ2) is 7.73. The molecule has 0 aliphatic carbocycles. The number of hydrogen-bond acceptors (Lipinski definition) is 4. The molecule has 1 atom stereocenters. The summed E-state index contributed by atoms with van der Waals surface area (Å²) in [6.07, 6.45) is 7.11. The molecule has 0 spiro atoms. The zero-order valence-corrected chi connectivity index (χ0v) is 17.1. The minimum absolute atomic E-state index is 0.119. The monoisotopic (exact) mass is 404 g/mol. The summed E-state index contributed by atoms with van der Waals surface area (Å²) < 4.78 is 19.3. The third-order valence-corrected chi connectivity index (χ3v) is 6.38. The molecule has 30 heavy (non-hydrogen) atoms. The van der Waals surface area contributed by atoms with E-state index in [4.69, 9.17) is 4.42 Å². The van der Waals surface area contributed by atoms with Gasteiger partial charge in [0.1, 0.15) is 11.4 Å². The number of halogens is 1. The standard InChI is InChI=1S/C25H25FN2O2/c1-27-25-23(17-11-13-28-12-3-2-4-20(28)14-17)21-15-18(7-10-22(21)30-25)24(29)16-5-8-19(26)9-6-16/h5-11,15,20,27H,2-4,12-14H2,1H3. The first-order valence-corrected chi connectivity index (χ1v) is 10.6. The minimum atomic E-state index is -0.348. The fourth-order valence-electron chi connectivity index (χ4n) is 4.80. The van der Waals surface area contributed by atoms with Crippen molar-refractivity contribution in [2.75, 3.05) is 25.5 Å². The van der Waals surface area contributed by atoms with E-state index in [0.717, 1.165) is 35.4 Å². The number of piperidine rings is 1. The van der Waals surface area contributed by atoms with Gasteiger partial charge in [-0.1, -0.05) is 12.5 Å². The van der Waals surface area contributed by atoms with Gasteiger partial charge in [-0.3, -0.25) is 9.69 Å². The summed E-state index contributed by atoms with van der Waals surface area (Å²) in [5, 5.41) is 4.14. The number of ketones is 1. The summed E-state index contributed by atoms with van der Waals surface area (Å²) in [5.74, 6) is 0.275. The first kappa shape index (κ1) is 19.1. The molecule has 2 aromatic carbocycles. The lowest BCUT2D eigenvalue weighted by atomic mass is 9.88. The van der Waals surface area contributed by atoms with Crippen LogP contribution in [-0.2, 0) is 0 Å². The van der Waals surface area contributed by atoms with Gasteiger partial charge in [0, 0.05) is 41.7 Å². The van der Waals surface area contributed by atoms with E-state index < -0.39 is 0 Å². The normalized spacial score (nSPS) is 19.4. The Morgan fingerprint density at radius 2 is 1.93 bits per heavy atom. The van der Waals surface area contributed by atoms with E-state index >= 15 is 0 Å². The molecule has 5 heteroatoms.